The number of carbonyl (C=O) groups excluding carboxylic acids is 1. The van der Waals surface area contributed by atoms with Gasteiger partial charge in [0.05, 0.1) is 7.11 Å². The lowest BCUT2D eigenvalue weighted by molar-refractivity contribution is -0.114. The van der Waals surface area contributed by atoms with E-state index in [0.29, 0.717) is 21.3 Å². The van der Waals surface area contributed by atoms with Crippen molar-refractivity contribution < 1.29 is 9.53 Å². The predicted molar refractivity (Wildman–Crippen MR) is 83.7 cm³/mol. The van der Waals surface area contributed by atoms with Gasteiger partial charge < -0.3 is 10.1 Å². The number of methoxy groups -OCH3 is 1. The maximum Gasteiger partial charge on any atom is 0.221 e. The molecule has 1 N–H and O–H groups in total. The van der Waals surface area contributed by atoms with E-state index in [4.69, 9.17) is 4.74 Å². The second-order valence-corrected chi connectivity index (χ2v) is 5.86. The molecule has 0 unspecified atom stereocenters. The van der Waals surface area contributed by atoms with Crippen molar-refractivity contribution in [2.45, 2.75) is 17.7 Å². The van der Waals surface area contributed by atoms with Crippen LogP contribution in [0.3, 0.4) is 0 Å². The number of rotatable bonds is 5. The van der Waals surface area contributed by atoms with Crippen LogP contribution < -0.4 is 10.1 Å². The molecule has 0 saturated carbocycles. The monoisotopic (exact) mass is 319 g/mol. The van der Waals surface area contributed by atoms with Crippen LogP contribution in [-0.4, -0.2) is 17.4 Å². The van der Waals surface area contributed by atoms with Crippen molar-refractivity contribution in [2.75, 3.05) is 12.4 Å². The molecule has 0 saturated heterocycles. The fourth-order valence-electron chi connectivity index (χ4n) is 1.59. The van der Waals surface area contributed by atoms with Crippen molar-refractivity contribution in [1.29, 1.82) is 5.26 Å². The van der Waals surface area contributed by atoms with Crippen molar-refractivity contribution in [1.82, 2.24) is 4.37 Å². The van der Waals surface area contributed by atoms with E-state index in [0.717, 1.165) is 22.8 Å². The zero-order valence-corrected chi connectivity index (χ0v) is 13.2. The summed E-state index contributed by atoms with van der Waals surface area (Å²) in [6, 6.07) is 9.83. The van der Waals surface area contributed by atoms with Crippen molar-refractivity contribution in [3.8, 4) is 11.8 Å². The number of hydrogen-bond donors (Lipinski definition) is 1. The Bertz CT molecular complexity index is 675. The molecule has 0 aliphatic carbocycles. The van der Waals surface area contributed by atoms with Crippen LogP contribution in [0.1, 0.15) is 18.1 Å². The van der Waals surface area contributed by atoms with Crippen molar-refractivity contribution in [2.24, 2.45) is 0 Å². The van der Waals surface area contributed by atoms with Crippen molar-refractivity contribution >= 4 is 34.2 Å². The first-order valence-corrected chi connectivity index (χ1v) is 7.83. The van der Waals surface area contributed by atoms with E-state index in [-0.39, 0.29) is 5.91 Å². The topological polar surface area (TPSA) is 75.0 Å². The first kappa shape index (κ1) is 15.4. The lowest BCUT2D eigenvalue weighted by atomic mass is 10.2. The molecule has 108 valence electrons. The number of nitriles is 1. The normalized spacial score (nSPS) is 9.95. The molecule has 0 atom stereocenters. The molecule has 0 radical (unpaired) electrons. The van der Waals surface area contributed by atoms with Gasteiger partial charge >= 0.3 is 0 Å². The van der Waals surface area contributed by atoms with Gasteiger partial charge in [-0.3, -0.25) is 4.79 Å². The van der Waals surface area contributed by atoms with Crippen LogP contribution in [0.4, 0.5) is 5.00 Å². The highest BCUT2D eigenvalue weighted by Crippen LogP contribution is 2.33. The van der Waals surface area contributed by atoms with Crippen LogP contribution in [0.15, 0.2) is 29.3 Å². The van der Waals surface area contributed by atoms with Crippen LogP contribution in [0, 0.1) is 11.3 Å². The van der Waals surface area contributed by atoms with Gasteiger partial charge in [-0.2, -0.15) is 9.64 Å². The maximum absolute atomic E-state index is 11.1. The van der Waals surface area contributed by atoms with E-state index in [1.54, 1.807) is 7.11 Å². The van der Waals surface area contributed by atoms with Crippen LogP contribution in [0.5, 0.6) is 5.75 Å². The van der Waals surface area contributed by atoms with Crippen LogP contribution >= 0.6 is 23.3 Å². The summed E-state index contributed by atoms with van der Waals surface area (Å²) < 4.78 is 9.34. The third-order valence-corrected chi connectivity index (χ3v) is 4.52. The molecule has 1 amide bonds. The molecule has 0 bridgehead atoms. The maximum atomic E-state index is 11.1. The highest BCUT2D eigenvalue weighted by atomic mass is 32.2. The lowest BCUT2D eigenvalue weighted by Gasteiger charge is -2.02. The Labute approximate surface area is 131 Å². The predicted octanol–water partition coefficient (Wildman–Crippen LogP) is 3.27. The summed E-state index contributed by atoms with van der Waals surface area (Å²) in [6.07, 6.45) is 0. The third kappa shape index (κ3) is 3.97. The Hall–Kier alpha value is -2.04. The summed E-state index contributed by atoms with van der Waals surface area (Å²) in [7, 11) is 1.63. The van der Waals surface area contributed by atoms with Gasteiger partial charge in [0.1, 0.15) is 27.4 Å². The number of thioether (sulfide) groups is 1. The van der Waals surface area contributed by atoms with E-state index < -0.39 is 0 Å². The molecule has 0 fully saturated rings. The highest BCUT2D eigenvalue weighted by Gasteiger charge is 2.15. The fourth-order valence-corrected chi connectivity index (χ4v) is 3.45. The van der Waals surface area contributed by atoms with E-state index >= 15 is 0 Å². The average Bonchev–Trinajstić information content (AvgIpc) is 2.86. The Kier molecular flexibility index (Phi) is 5.20. The molecule has 5 nitrogen and oxygen atoms in total. The Morgan fingerprint density at radius 3 is 2.76 bits per heavy atom. The number of amides is 1. The van der Waals surface area contributed by atoms with E-state index in [1.807, 2.05) is 24.3 Å². The average molecular weight is 319 g/mol. The first-order valence-electron chi connectivity index (χ1n) is 6.07. The Morgan fingerprint density at radius 2 is 2.19 bits per heavy atom. The van der Waals surface area contributed by atoms with E-state index in [2.05, 4.69) is 15.8 Å². The van der Waals surface area contributed by atoms with Gasteiger partial charge in [-0.15, -0.1) is 0 Å². The van der Waals surface area contributed by atoms with Gasteiger partial charge in [0.25, 0.3) is 0 Å². The lowest BCUT2D eigenvalue weighted by Crippen LogP contribution is -2.05. The third-order valence-electron chi connectivity index (χ3n) is 2.60. The van der Waals surface area contributed by atoms with Gasteiger partial charge in [0.2, 0.25) is 5.91 Å². The number of nitrogens with one attached hydrogen (secondary N) is 1. The summed E-state index contributed by atoms with van der Waals surface area (Å²) in [5.74, 6) is 1.30. The number of hydrogen-bond acceptors (Lipinski definition) is 6. The minimum atomic E-state index is -0.207. The van der Waals surface area contributed by atoms with E-state index in [1.165, 1.54) is 18.7 Å². The fraction of sp³-hybridized carbons (Fsp3) is 0.214. The Balaban J connectivity index is 2.07. The first-order chi connectivity index (χ1) is 10.1. The molecule has 1 heterocycles. The number of carbonyl (C=O) groups is 1. The summed E-state index contributed by atoms with van der Waals surface area (Å²) in [5.41, 5.74) is 1.53. The number of anilines is 1. The van der Waals surface area contributed by atoms with E-state index in [9.17, 15) is 10.1 Å². The summed E-state index contributed by atoms with van der Waals surface area (Å²) in [5, 5.41) is 13.0. The summed E-state index contributed by atoms with van der Waals surface area (Å²) in [4.78, 5) is 11.1. The number of nitrogens with zero attached hydrogens (tertiary/aromatic N) is 2. The molecular weight excluding hydrogens is 306 g/mol. The molecule has 2 rings (SSSR count). The van der Waals surface area contributed by atoms with Gasteiger partial charge in [-0.1, -0.05) is 23.9 Å². The molecule has 0 aliphatic heterocycles. The quantitative estimate of drug-likeness (QED) is 0.856. The minimum Gasteiger partial charge on any atom is -0.497 e. The molecule has 21 heavy (non-hydrogen) atoms. The largest absolute Gasteiger partial charge is 0.497 e. The number of aromatic nitrogens is 1. The Morgan fingerprint density at radius 1 is 1.48 bits per heavy atom. The second kappa shape index (κ2) is 7.11. The van der Waals surface area contributed by atoms with Crippen molar-refractivity contribution in [3.63, 3.8) is 0 Å². The number of benzene rings is 1. The summed E-state index contributed by atoms with van der Waals surface area (Å²) in [6.45, 7) is 1.41. The highest BCUT2D eigenvalue weighted by molar-refractivity contribution is 7.98. The summed E-state index contributed by atoms with van der Waals surface area (Å²) >= 11 is 2.60. The van der Waals surface area contributed by atoms with Crippen molar-refractivity contribution in [3.05, 3.63) is 35.4 Å². The molecule has 1 aromatic heterocycles. The SMILES string of the molecule is COc1ccc(CSc2nsc(NC(C)=O)c2C#N)cc1. The van der Waals surface area contributed by atoms with Crippen LogP contribution in [-0.2, 0) is 10.5 Å². The molecule has 0 aliphatic rings. The van der Waals surface area contributed by atoms with Gasteiger partial charge in [0.15, 0.2) is 0 Å². The van der Waals surface area contributed by atoms with Gasteiger partial charge in [-0.25, -0.2) is 0 Å². The standard InChI is InChI=1S/C14H13N3O2S2/c1-9(18)16-13-12(7-15)14(17-21-13)20-8-10-3-5-11(19-2)6-4-10/h3-6H,8H2,1-2H3,(H,16,18). The molecule has 7 heteroatoms. The van der Waals surface area contributed by atoms with Crippen LogP contribution in [0.25, 0.3) is 0 Å². The van der Waals surface area contributed by atoms with Crippen LogP contribution in [0.2, 0.25) is 0 Å². The zero-order valence-electron chi connectivity index (χ0n) is 11.5. The molecule has 2 aromatic rings. The zero-order chi connectivity index (χ0) is 15.2. The van der Waals surface area contributed by atoms with Gasteiger partial charge in [-0.05, 0) is 29.2 Å². The minimum absolute atomic E-state index is 0.207. The molecule has 0 spiro atoms. The number of ether oxygens (including phenoxy) is 1. The molecule has 1 aromatic carbocycles. The van der Waals surface area contributed by atoms with Gasteiger partial charge in [0, 0.05) is 12.7 Å². The smallest absolute Gasteiger partial charge is 0.221 e. The second-order valence-electron chi connectivity index (χ2n) is 4.12. The molecular formula is C14H13N3O2S2.